The van der Waals surface area contributed by atoms with Crippen LogP contribution in [0.4, 0.5) is 14.9 Å². The number of carboxylic acids is 1. The fourth-order valence-corrected chi connectivity index (χ4v) is 3.47. The van der Waals surface area contributed by atoms with E-state index in [-0.39, 0.29) is 70.5 Å². The van der Waals surface area contributed by atoms with Gasteiger partial charge >= 0.3 is 65.1 Å². The van der Waals surface area contributed by atoms with Gasteiger partial charge in [-0.25, -0.2) is 9.18 Å². The van der Waals surface area contributed by atoms with E-state index in [9.17, 15) is 29.0 Å². The zero-order chi connectivity index (χ0) is 24.3. The third kappa shape index (κ3) is 7.67. The van der Waals surface area contributed by atoms with Crippen molar-refractivity contribution in [3.63, 3.8) is 0 Å². The number of carbonyl (C=O) groups excluding carboxylic acids is 2. The molecule has 1 aromatic heterocycles. The molecule has 3 rings (SSSR count). The van der Waals surface area contributed by atoms with Gasteiger partial charge < -0.3 is 30.2 Å². The minimum atomic E-state index is -1.40. The SMILES string of the molecule is Cc1cc(-c2cccc([C@H](CC(=O)[O-])NC(=O)Nc3c([O-])c(C)cn(C)c3=O)c2)ccc1F.[Na+].[Na+]. The van der Waals surface area contributed by atoms with E-state index in [0.717, 1.165) is 0 Å². The van der Waals surface area contributed by atoms with Crippen LogP contribution in [0.2, 0.25) is 0 Å². The van der Waals surface area contributed by atoms with Gasteiger partial charge in [-0.05, 0) is 59.9 Å². The van der Waals surface area contributed by atoms with Gasteiger partial charge in [0.05, 0.1) is 6.04 Å². The van der Waals surface area contributed by atoms with E-state index in [1.54, 1.807) is 43.3 Å². The van der Waals surface area contributed by atoms with Crippen molar-refractivity contribution in [1.29, 1.82) is 0 Å². The predicted molar refractivity (Wildman–Crippen MR) is 117 cm³/mol. The van der Waals surface area contributed by atoms with Gasteiger partial charge in [-0.1, -0.05) is 30.0 Å². The van der Waals surface area contributed by atoms with Crippen molar-refractivity contribution in [3.8, 4) is 16.9 Å². The number of aromatic nitrogens is 1. The van der Waals surface area contributed by atoms with Crippen molar-refractivity contribution >= 4 is 17.7 Å². The number of hydrogen-bond donors (Lipinski definition) is 2. The molecule has 1 heterocycles. The normalized spacial score (nSPS) is 11.0. The van der Waals surface area contributed by atoms with E-state index in [4.69, 9.17) is 0 Å². The molecular weight excluding hydrogens is 475 g/mol. The third-order valence-electron chi connectivity index (χ3n) is 5.20. The number of halogens is 1. The summed E-state index contributed by atoms with van der Waals surface area (Å²) in [5.41, 5.74) is 1.45. The second kappa shape index (κ2) is 13.2. The predicted octanol–water partition coefficient (Wildman–Crippen LogP) is -4.11. The number of carboxylic acid groups (broad SMARTS) is 1. The second-order valence-electron chi connectivity index (χ2n) is 7.75. The minimum Gasteiger partial charge on any atom is -0.871 e. The van der Waals surface area contributed by atoms with E-state index in [2.05, 4.69) is 10.6 Å². The molecule has 0 aliphatic rings. The molecule has 0 unspecified atom stereocenters. The van der Waals surface area contributed by atoms with Crippen LogP contribution < -0.4 is 85.5 Å². The van der Waals surface area contributed by atoms with Gasteiger partial charge in [0.15, 0.2) is 0 Å². The van der Waals surface area contributed by atoms with Crippen molar-refractivity contribution in [2.24, 2.45) is 7.05 Å². The average Bonchev–Trinajstić information content (AvgIpc) is 2.76. The van der Waals surface area contributed by atoms with Gasteiger partial charge in [0.25, 0.3) is 5.56 Å². The molecule has 0 bridgehead atoms. The first-order valence-electron chi connectivity index (χ1n) is 10.1. The Labute approximate surface area is 246 Å². The topological polar surface area (TPSA) is 126 Å². The van der Waals surface area contributed by atoms with Crippen LogP contribution in [0, 0.1) is 19.7 Å². The Balaban J connectivity index is 0.00000306. The van der Waals surface area contributed by atoms with Gasteiger partial charge in [0.2, 0.25) is 0 Å². The fourth-order valence-electron chi connectivity index (χ4n) is 3.47. The number of nitrogens with one attached hydrogen (secondary N) is 2. The number of pyridine rings is 1. The molecular formula is C24H22FN3Na2O5. The number of benzene rings is 2. The van der Waals surface area contributed by atoms with E-state index >= 15 is 0 Å². The quantitative estimate of drug-likeness (QED) is 0.335. The number of urea groups is 1. The first kappa shape index (κ1) is 30.9. The molecule has 3 aromatic rings. The maximum atomic E-state index is 13.6. The molecule has 0 aliphatic heterocycles. The molecule has 8 nitrogen and oxygen atoms in total. The van der Waals surface area contributed by atoms with Gasteiger partial charge in [-0.2, -0.15) is 0 Å². The molecule has 11 heteroatoms. The molecule has 172 valence electrons. The summed E-state index contributed by atoms with van der Waals surface area (Å²) in [6.45, 7) is 3.14. The van der Waals surface area contributed by atoms with Crippen molar-refractivity contribution in [2.45, 2.75) is 26.3 Å². The minimum absolute atomic E-state index is 0. The average molecular weight is 497 g/mol. The molecule has 0 spiro atoms. The maximum Gasteiger partial charge on any atom is 1.00 e. The summed E-state index contributed by atoms with van der Waals surface area (Å²) in [5.74, 6) is -2.37. The molecule has 0 fully saturated rings. The zero-order valence-corrected chi connectivity index (χ0v) is 24.3. The summed E-state index contributed by atoms with van der Waals surface area (Å²) in [6.07, 6.45) is 0.810. The zero-order valence-electron chi connectivity index (χ0n) is 20.3. The smallest absolute Gasteiger partial charge is 0.871 e. The summed E-state index contributed by atoms with van der Waals surface area (Å²) in [6, 6.07) is 9.41. The van der Waals surface area contributed by atoms with Crippen LogP contribution in [0.15, 0.2) is 53.5 Å². The van der Waals surface area contributed by atoms with Crippen LogP contribution >= 0.6 is 0 Å². The van der Waals surface area contributed by atoms with Gasteiger partial charge in [-0.3, -0.25) is 4.79 Å². The summed E-state index contributed by atoms with van der Waals surface area (Å²) < 4.78 is 14.8. The number of nitrogens with zero attached hydrogens (tertiary/aromatic N) is 1. The monoisotopic (exact) mass is 497 g/mol. The number of aryl methyl sites for hydroxylation is 3. The number of carbonyl (C=O) groups is 2. The van der Waals surface area contributed by atoms with Crippen LogP contribution in [0.3, 0.4) is 0 Å². The number of rotatable bonds is 6. The summed E-state index contributed by atoms with van der Waals surface area (Å²) in [7, 11) is 1.44. The Bertz CT molecular complexity index is 1300. The van der Waals surface area contributed by atoms with Crippen molar-refractivity contribution in [3.05, 3.63) is 81.5 Å². The van der Waals surface area contributed by atoms with E-state index in [1.165, 1.54) is 30.8 Å². The Kier molecular flexibility index (Phi) is 11.7. The van der Waals surface area contributed by atoms with Crippen molar-refractivity contribution in [2.75, 3.05) is 5.32 Å². The Morgan fingerprint density at radius 2 is 1.71 bits per heavy atom. The Morgan fingerprint density at radius 3 is 2.34 bits per heavy atom. The van der Waals surface area contributed by atoms with Crippen LogP contribution in [-0.2, 0) is 11.8 Å². The molecule has 2 amide bonds. The first-order chi connectivity index (χ1) is 15.6. The van der Waals surface area contributed by atoms with E-state index < -0.39 is 41.5 Å². The maximum absolute atomic E-state index is 13.6. The molecule has 2 N–H and O–H groups in total. The van der Waals surface area contributed by atoms with Crippen LogP contribution in [0.25, 0.3) is 11.1 Å². The molecule has 35 heavy (non-hydrogen) atoms. The largest absolute Gasteiger partial charge is 1.00 e. The van der Waals surface area contributed by atoms with E-state index in [1.807, 2.05) is 0 Å². The first-order valence-corrected chi connectivity index (χ1v) is 10.1. The molecule has 2 aromatic carbocycles. The van der Waals surface area contributed by atoms with E-state index in [0.29, 0.717) is 22.3 Å². The summed E-state index contributed by atoms with van der Waals surface area (Å²) in [4.78, 5) is 36.2. The summed E-state index contributed by atoms with van der Waals surface area (Å²) >= 11 is 0. The molecule has 0 radical (unpaired) electrons. The molecule has 1 atom stereocenters. The van der Waals surface area contributed by atoms with Crippen LogP contribution in [-0.4, -0.2) is 16.6 Å². The Hall–Kier alpha value is -2.14. The van der Waals surface area contributed by atoms with Crippen molar-refractivity contribution in [1.82, 2.24) is 9.88 Å². The second-order valence-corrected chi connectivity index (χ2v) is 7.75. The molecule has 0 saturated heterocycles. The fraction of sp³-hybridized carbons (Fsp3) is 0.208. The number of amides is 2. The Morgan fingerprint density at radius 1 is 1.06 bits per heavy atom. The number of anilines is 1. The van der Waals surface area contributed by atoms with Gasteiger partial charge in [-0.15, -0.1) is 0 Å². The van der Waals surface area contributed by atoms with Crippen LogP contribution in [0.1, 0.15) is 29.2 Å². The molecule has 0 aliphatic carbocycles. The number of hydrogen-bond acceptors (Lipinski definition) is 5. The van der Waals surface area contributed by atoms with Crippen LogP contribution in [0.5, 0.6) is 5.75 Å². The summed E-state index contributed by atoms with van der Waals surface area (Å²) in [5, 5.41) is 28.3. The van der Waals surface area contributed by atoms with Gasteiger partial charge in [0.1, 0.15) is 11.5 Å². The third-order valence-corrected chi connectivity index (χ3v) is 5.20. The molecule has 0 saturated carbocycles. The number of aliphatic carboxylic acids is 1. The van der Waals surface area contributed by atoms with Crippen molar-refractivity contribution < 1.29 is 83.3 Å². The van der Waals surface area contributed by atoms with Gasteiger partial charge in [0, 0.05) is 25.6 Å². The standard InChI is InChI=1S/C24H24FN3O5.2Na/c1-13-9-16(7-8-18(13)25)15-5-4-6-17(10-15)19(11-20(29)30)26-24(33)27-21-22(31)14(2)12-28(3)23(21)32;;/h4-10,12,19,31H,11H2,1-3H3,(H,29,30)(H2,26,27,33);;/q;2*+1/p-2/t19-;;/m0../s1.